The van der Waals surface area contributed by atoms with Crippen molar-refractivity contribution in [2.24, 2.45) is 0 Å². The van der Waals surface area contributed by atoms with Crippen LogP contribution < -0.4 is 0 Å². The molecule has 0 atom stereocenters. The quantitative estimate of drug-likeness (QED) is 0.504. The van der Waals surface area contributed by atoms with Crippen molar-refractivity contribution in [3.8, 4) is 0 Å². The van der Waals surface area contributed by atoms with Crippen molar-refractivity contribution >= 4 is 18.7 Å². The molecule has 0 bridgehead atoms. The van der Waals surface area contributed by atoms with Gasteiger partial charge in [-0.2, -0.15) is 0 Å². The SMILES string of the molecule is CC(=O)N1CCN(S)CC1. The van der Waals surface area contributed by atoms with Crippen LogP contribution in [0.25, 0.3) is 0 Å². The lowest BCUT2D eigenvalue weighted by Gasteiger charge is -2.30. The fourth-order valence-corrected chi connectivity index (χ4v) is 1.19. The van der Waals surface area contributed by atoms with E-state index >= 15 is 0 Å². The molecule has 0 aromatic heterocycles. The highest BCUT2D eigenvalue weighted by molar-refractivity contribution is 7.77. The standard InChI is InChI=1S/C6H12N2OS/c1-6(9)7-2-4-8(10)5-3-7/h10H,2-5H2,1H3. The number of carbonyl (C=O) groups is 1. The van der Waals surface area contributed by atoms with Crippen molar-refractivity contribution in [1.82, 2.24) is 9.21 Å². The lowest BCUT2D eigenvalue weighted by Crippen LogP contribution is -2.44. The van der Waals surface area contributed by atoms with E-state index in [0.29, 0.717) is 0 Å². The Balaban J connectivity index is 2.33. The van der Waals surface area contributed by atoms with Gasteiger partial charge in [0.1, 0.15) is 0 Å². The van der Waals surface area contributed by atoms with E-state index in [1.165, 1.54) is 0 Å². The Bertz CT molecular complexity index is 132. The predicted molar refractivity (Wildman–Crippen MR) is 42.8 cm³/mol. The molecule has 1 fully saturated rings. The third-order valence-corrected chi connectivity index (χ3v) is 2.10. The molecule has 1 saturated heterocycles. The zero-order valence-electron chi connectivity index (χ0n) is 6.08. The summed E-state index contributed by atoms with van der Waals surface area (Å²) in [6.07, 6.45) is 0. The third-order valence-electron chi connectivity index (χ3n) is 1.70. The molecule has 0 saturated carbocycles. The van der Waals surface area contributed by atoms with E-state index in [-0.39, 0.29) is 5.91 Å². The smallest absolute Gasteiger partial charge is 0.219 e. The summed E-state index contributed by atoms with van der Waals surface area (Å²) in [5.74, 6) is 0.168. The minimum atomic E-state index is 0.168. The van der Waals surface area contributed by atoms with Gasteiger partial charge in [0.25, 0.3) is 0 Å². The van der Waals surface area contributed by atoms with Crippen LogP contribution in [0, 0.1) is 0 Å². The van der Waals surface area contributed by atoms with Crippen LogP contribution in [0.15, 0.2) is 0 Å². The van der Waals surface area contributed by atoms with Gasteiger partial charge in [0.15, 0.2) is 0 Å². The molecular weight excluding hydrogens is 148 g/mol. The first-order valence-corrected chi connectivity index (χ1v) is 3.79. The van der Waals surface area contributed by atoms with Crippen molar-refractivity contribution in [2.45, 2.75) is 6.92 Å². The second-order valence-corrected chi connectivity index (χ2v) is 3.03. The molecule has 1 amide bonds. The molecule has 0 spiro atoms. The second kappa shape index (κ2) is 3.25. The van der Waals surface area contributed by atoms with Gasteiger partial charge in [-0.05, 0) is 0 Å². The van der Waals surface area contributed by atoms with Gasteiger partial charge in [0.05, 0.1) is 0 Å². The van der Waals surface area contributed by atoms with Gasteiger partial charge < -0.3 is 4.90 Å². The number of nitrogens with zero attached hydrogens (tertiary/aromatic N) is 2. The maximum atomic E-state index is 10.8. The largest absolute Gasteiger partial charge is 0.340 e. The van der Waals surface area contributed by atoms with E-state index in [1.54, 1.807) is 6.92 Å². The van der Waals surface area contributed by atoms with E-state index in [9.17, 15) is 4.79 Å². The summed E-state index contributed by atoms with van der Waals surface area (Å²) >= 11 is 4.17. The average molecular weight is 160 g/mol. The molecule has 0 N–H and O–H groups in total. The van der Waals surface area contributed by atoms with E-state index in [2.05, 4.69) is 12.8 Å². The van der Waals surface area contributed by atoms with Crippen LogP contribution in [0.4, 0.5) is 0 Å². The van der Waals surface area contributed by atoms with Gasteiger partial charge in [-0.3, -0.25) is 4.79 Å². The molecule has 58 valence electrons. The Morgan fingerprint density at radius 1 is 1.30 bits per heavy atom. The molecule has 0 aliphatic carbocycles. The topological polar surface area (TPSA) is 23.6 Å². The van der Waals surface area contributed by atoms with Crippen LogP contribution in [0.1, 0.15) is 6.92 Å². The van der Waals surface area contributed by atoms with Crippen LogP contribution in [0.5, 0.6) is 0 Å². The van der Waals surface area contributed by atoms with E-state index in [1.807, 2.05) is 9.21 Å². The summed E-state index contributed by atoms with van der Waals surface area (Å²) in [5.41, 5.74) is 0. The fourth-order valence-electron chi connectivity index (χ4n) is 1.01. The van der Waals surface area contributed by atoms with Crippen molar-refractivity contribution < 1.29 is 4.79 Å². The maximum Gasteiger partial charge on any atom is 0.219 e. The second-order valence-electron chi connectivity index (χ2n) is 2.46. The number of amides is 1. The van der Waals surface area contributed by atoms with Crippen molar-refractivity contribution in [2.75, 3.05) is 26.2 Å². The van der Waals surface area contributed by atoms with Crippen molar-refractivity contribution in [1.29, 1.82) is 0 Å². The Morgan fingerprint density at radius 2 is 1.80 bits per heavy atom. The Kier molecular flexibility index (Phi) is 2.56. The zero-order valence-corrected chi connectivity index (χ0v) is 6.97. The number of hydrogen-bond acceptors (Lipinski definition) is 3. The van der Waals surface area contributed by atoms with E-state index in [0.717, 1.165) is 26.2 Å². The molecule has 4 heteroatoms. The molecule has 1 rings (SSSR count). The minimum Gasteiger partial charge on any atom is -0.340 e. The molecule has 1 aliphatic heterocycles. The van der Waals surface area contributed by atoms with Gasteiger partial charge >= 0.3 is 0 Å². The molecule has 0 aromatic rings. The van der Waals surface area contributed by atoms with Gasteiger partial charge in [-0.25, -0.2) is 4.31 Å². The first-order chi connectivity index (χ1) is 4.70. The van der Waals surface area contributed by atoms with Gasteiger partial charge in [0.2, 0.25) is 5.91 Å². The van der Waals surface area contributed by atoms with Crippen LogP contribution in [-0.2, 0) is 4.79 Å². The van der Waals surface area contributed by atoms with Gasteiger partial charge in [0, 0.05) is 33.1 Å². The number of thiol groups is 1. The van der Waals surface area contributed by atoms with Gasteiger partial charge in [-0.1, -0.05) is 12.8 Å². The molecule has 0 radical (unpaired) electrons. The molecule has 10 heavy (non-hydrogen) atoms. The monoisotopic (exact) mass is 160 g/mol. The molecule has 0 aromatic carbocycles. The van der Waals surface area contributed by atoms with Crippen LogP contribution >= 0.6 is 12.8 Å². The molecule has 0 unspecified atom stereocenters. The lowest BCUT2D eigenvalue weighted by atomic mass is 10.3. The number of piperazine rings is 1. The summed E-state index contributed by atoms with van der Waals surface area (Å²) in [5, 5.41) is 0. The normalized spacial score (nSPS) is 21.2. The summed E-state index contributed by atoms with van der Waals surface area (Å²) < 4.78 is 1.93. The van der Waals surface area contributed by atoms with Crippen LogP contribution in [0.2, 0.25) is 0 Å². The Morgan fingerprint density at radius 3 is 2.20 bits per heavy atom. The number of rotatable bonds is 0. The lowest BCUT2D eigenvalue weighted by molar-refractivity contribution is -0.129. The zero-order chi connectivity index (χ0) is 7.56. The van der Waals surface area contributed by atoms with Crippen molar-refractivity contribution in [3.05, 3.63) is 0 Å². The Labute approximate surface area is 66.5 Å². The highest BCUT2D eigenvalue weighted by Crippen LogP contribution is 2.02. The minimum absolute atomic E-state index is 0.168. The van der Waals surface area contributed by atoms with Crippen molar-refractivity contribution in [3.63, 3.8) is 0 Å². The average Bonchev–Trinajstić information content (AvgIpc) is 1.88. The van der Waals surface area contributed by atoms with Crippen LogP contribution in [-0.4, -0.2) is 41.3 Å². The van der Waals surface area contributed by atoms with Gasteiger partial charge in [-0.15, -0.1) is 0 Å². The van der Waals surface area contributed by atoms with E-state index in [4.69, 9.17) is 0 Å². The predicted octanol–water partition coefficient (Wildman–Crippen LogP) is -0.00470. The Hall–Kier alpha value is -0.220. The first-order valence-electron chi connectivity index (χ1n) is 3.39. The molecule has 1 heterocycles. The number of carbonyl (C=O) groups excluding carboxylic acids is 1. The number of hydrogen-bond donors (Lipinski definition) is 1. The highest BCUT2D eigenvalue weighted by Gasteiger charge is 2.15. The molecule has 1 aliphatic rings. The van der Waals surface area contributed by atoms with E-state index < -0.39 is 0 Å². The molecular formula is C6H12N2OS. The van der Waals surface area contributed by atoms with Crippen LogP contribution in [0.3, 0.4) is 0 Å². The summed E-state index contributed by atoms with van der Waals surface area (Å²) in [6, 6.07) is 0. The maximum absolute atomic E-state index is 10.8. The fraction of sp³-hybridized carbons (Fsp3) is 0.833. The third kappa shape index (κ3) is 1.88. The summed E-state index contributed by atoms with van der Waals surface area (Å²) in [6.45, 7) is 5.00. The highest BCUT2D eigenvalue weighted by atomic mass is 32.1. The molecule has 3 nitrogen and oxygen atoms in total. The summed E-state index contributed by atoms with van der Waals surface area (Å²) in [7, 11) is 0. The summed E-state index contributed by atoms with van der Waals surface area (Å²) in [4.78, 5) is 12.6. The first kappa shape index (κ1) is 7.88.